The van der Waals surface area contributed by atoms with Crippen LogP contribution in [0.4, 0.5) is 0 Å². The van der Waals surface area contributed by atoms with E-state index in [2.05, 4.69) is 15.9 Å². The van der Waals surface area contributed by atoms with E-state index < -0.39 is 10.0 Å². The van der Waals surface area contributed by atoms with Crippen LogP contribution in [0.1, 0.15) is 11.1 Å². The Labute approximate surface area is 138 Å². The Morgan fingerprint density at radius 2 is 1.86 bits per heavy atom. The molecule has 0 atom stereocenters. The molecule has 0 aliphatic rings. The number of benzene rings is 2. The fourth-order valence-electron chi connectivity index (χ4n) is 1.92. The molecular weight excluding hydrogens is 374 g/mol. The third-order valence-corrected chi connectivity index (χ3v) is 5.99. The largest absolute Gasteiger partial charge is 0.243 e. The van der Waals surface area contributed by atoms with Gasteiger partial charge in [-0.25, -0.2) is 8.42 Å². The van der Waals surface area contributed by atoms with E-state index in [0.29, 0.717) is 6.54 Å². The van der Waals surface area contributed by atoms with Gasteiger partial charge in [0.15, 0.2) is 0 Å². The van der Waals surface area contributed by atoms with Crippen LogP contribution in [-0.4, -0.2) is 19.8 Å². The summed E-state index contributed by atoms with van der Waals surface area (Å²) in [4.78, 5) is 0.259. The molecule has 0 fully saturated rings. The van der Waals surface area contributed by atoms with E-state index >= 15 is 0 Å². The highest BCUT2D eigenvalue weighted by molar-refractivity contribution is 9.10. The topological polar surface area (TPSA) is 37.4 Å². The van der Waals surface area contributed by atoms with E-state index in [0.717, 1.165) is 15.6 Å². The zero-order valence-corrected chi connectivity index (χ0v) is 14.6. The van der Waals surface area contributed by atoms with E-state index in [4.69, 9.17) is 11.6 Å². The van der Waals surface area contributed by atoms with E-state index in [1.807, 2.05) is 24.3 Å². The molecule has 0 heterocycles. The van der Waals surface area contributed by atoms with Crippen LogP contribution in [0.25, 0.3) is 0 Å². The Bertz CT molecular complexity index is 734. The molecule has 0 amide bonds. The highest BCUT2D eigenvalue weighted by Gasteiger charge is 2.21. The van der Waals surface area contributed by atoms with Crippen LogP contribution in [0.5, 0.6) is 0 Å². The van der Waals surface area contributed by atoms with Gasteiger partial charge in [-0.05, 0) is 29.3 Å². The summed E-state index contributed by atoms with van der Waals surface area (Å²) in [5.41, 5.74) is 1.70. The van der Waals surface area contributed by atoms with Crippen LogP contribution in [0.15, 0.2) is 57.9 Å². The van der Waals surface area contributed by atoms with Gasteiger partial charge in [0.1, 0.15) is 0 Å². The van der Waals surface area contributed by atoms with Crippen LogP contribution in [0.3, 0.4) is 0 Å². The molecule has 0 aromatic heterocycles. The van der Waals surface area contributed by atoms with Gasteiger partial charge in [-0.1, -0.05) is 46.3 Å². The highest BCUT2D eigenvalue weighted by Crippen LogP contribution is 2.22. The summed E-state index contributed by atoms with van der Waals surface area (Å²) in [6.45, 7) is 0.300. The van der Waals surface area contributed by atoms with Gasteiger partial charge in [-0.15, -0.1) is 11.6 Å². The lowest BCUT2D eigenvalue weighted by Gasteiger charge is -2.18. The molecule has 0 saturated heterocycles. The number of alkyl halides is 1. The van der Waals surface area contributed by atoms with E-state index in [-0.39, 0.29) is 10.8 Å². The minimum atomic E-state index is -3.53. The van der Waals surface area contributed by atoms with Crippen molar-refractivity contribution in [2.45, 2.75) is 17.3 Å². The summed E-state index contributed by atoms with van der Waals surface area (Å²) in [5, 5.41) is 0. The highest BCUT2D eigenvalue weighted by atomic mass is 79.9. The van der Waals surface area contributed by atoms with Crippen molar-refractivity contribution in [2.75, 3.05) is 7.05 Å². The fourth-order valence-corrected chi connectivity index (χ4v) is 3.72. The average Bonchev–Trinajstić information content (AvgIpc) is 2.49. The standard InChI is InChI=1S/C15H15BrClNO2S/c1-18(11-13-6-2-3-8-15(13)16)21(19,20)14-7-4-5-12(9-14)10-17/h2-9H,10-11H2,1H3. The molecule has 0 saturated carbocycles. The fraction of sp³-hybridized carbons (Fsp3) is 0.200. The minimum absolute atomic E-state index is 0.259. The molecule has 0 aliphatic heterocycles. The SMILES string of the molecule is CN(Cc1ccccc1Br)S(=O)(=O)c1cccc(CCl)c1. The van der Waals surface area contributed by atoms with Crippen molar-refractivity contribution in [1.82, 2.24) is 4.31 Å². The van der Waals surface area contributed by atoms with Gasteiger partial charge in [0.25, 0.3) is 0 Å². The maximum atomic E-state index is 12.6. The average molecular weight is 389 g/mol. The number of sulfonamides is 1. The van der Waals surface area contributed by atoms with Gasteiger partial charge in [-0.2, -0.15) is 4.31 Å². The molecule has 21 heavy (non-hydrogen) atoms. The Kier molecular flexibility index (Phi) is 5.43. The first-order valence-electron chi connectivity index (χ1n) is 6.30. The summed E-state index contributed by atoms with van der Waals surface area (Å²) in [5.74, 6) is 0.289. The normalized spacial score (nSPS) is 11.8. The minimum Gasteiger partial charge on any atom is -0.207 e. The van der Waals surface area contributed by atoms with E-state index in [1.165, 1.54) is 4.31 Å². The van der Waals surface area contributed by atoms with Crippen molar-refractivity contribution in [2.24, 2.45) is 0 Å². The van der Waals surface area contributed by atoms with Gasteiger partial charge in [0.05, 0.1) is 4.90 Å². The van der Waals surface area contributed by atoms with E-state index in [1.54, 1.807) is 31.3 Å². The smallest absolute Gasteiger partial charge is 0.207 e. The summed E-state index contributed by atoms with van der Waals surface area (Å²) in [6, 6.07) is 14.3. The Morgan fingerprint density at radius 3 is 2.52 bits per heavy atom. The lowest BCUT2D eigenvalue weighted by atomic mass is 10.2. The molecule has 3 nitrogen and oxygen atoms in total. The molecule has 2 rings (SSSR count). The molecule has 0 bridgehead atoms. The van der Waals surface area contributed by atoms with E-state index in [9.17, 15) is 8.42 Å². The van der Waals surface area contributed by atoms with Gasteiger partial charge in [-0.3, -0.25) is 0 Å². The third kappa shape index (κ3) is 3.86. The zero-order valence-electron chi connectivity index (χ0n) is 11.5. The van der Waals surface area contributed by atoms with Crippen LogP contribution in [0.2, 0.25) is 0 Å². The number of rotatable bonds is 5. The Morgan fingerprint density at radius 1 is 1.14 bits per heavy atom. The van der Waals surface area contributed by atoms with Gasteiger partial charge in [0.2, 0.25) is 10.0 Å². The maximum Gasteiger partial charge on any atom is 0.243 e. The molecule has 0 N–H and O–H groups in total. The van der Waals surface area contributed by atoms with Crippen LogP contribution >= 0.6 is 27.5 Å². The number of hydrogen-bond acceptors (Lipinski definition) is 2. The summed E-state index contributed by atoms with van der Waals surface area (Å²) in [6.07, 6.45) is 0. The molecule has 0 spiro atoms. The molecule has 0 radical (unpaired) electrons. The van der Waals surface area contributed by atoms with Crippen molar-refractivity contribution < 1.29 is 8.42 Å². The number of hydrogen-bond donors (Lipinski definition) is 0. The first-order valence-corrected chi connectivity index (χ1v) is 9.06. The van der Waals surface area contributed by atoms with Crippen molar-refractivity contribution in [1.29, 1.82) is 0 Å². The number of halogens is 2. The molecule has 112 valence electrons. The monoisotopic (exact) mass is 387 g/mol. The van der Waals surface area contributed by atoms with Crippen molar-refractivity contribution in [3.63, 3.8) is 0 Å². The second kappa shape index (κ2) is 6.92. The van der Waals surface area contributed by atoms with Crippen molar-refractivity contribution in [3.05, 3.63) is 64.1 Å². The molecule has 2 aromatic carbocycles. The predicted octanol–water partition coefficient (Wildman–Crippen LogP) is 4.01. The molecule has 2 aromatic rings. The first-order chi connectivity index (χ1) is 9.95. The molecule has 0 aliphatic carbocycles. The summed E-state index contributed by atoms with van der Waals surface area (Å²) in [7, 11) is -1.96. The third-order valence-electron chi connectivity index (χ3n) is 3.11. The Hall–Kier alpha value is -0.880. The zero-order chi connectivity index (χ0) is 15.5. The lowest BCUT2D eigenvalue weighted by molar-refractivity contribution is 0.466. The van der Waals surface area contributed by atoms with Crippen LogP contribution < -0.4 is 0 Å². The van der Waals surface area contributed by atoms with Crippen LogP contribution in [-0.2, 0) is 22.4 Å². The summed E-state index contributed by atoms with van der Waals surface area (Å²) >= 11 is 9.20. The van der Waals surface area contributed by atoms with Crippen molar-refractivity contribution in [3.8, 4) is 0 Å². The maximum absolute atomic E-state index is 12.6. The quantitative estimate of drug-likeness (QED) is 0.726. The van der Waals surface area contributed by atoms with Gasteiger partial charge in [0, 0.05) is 23.9 Å². The second-order valence-corrected chi connectivity index (χ2v) is 7.80. The first kappa shape index (κ1) is 16.5. The second-order valence-electron chi connectivity index (χ2n) is 4.63. The molecular formula is C15H15BrClNO2S. The number of nitrogens with zero attached hydrogens (tertiary/aromatic N) is 1. The van der Waals surface area contributed by atoms with Crippen LogP contribution in [0, 0.1) is 0 Å². The lowest BCUT2D eigenvalue weighted by Crippen LogP contribution is -2.26. The molecule has 6 heteroatoms. The van der Waals surface area contributed by atoms with Gasteiger partial charge >= 0.3 is 0 Å². The van der Waals surface area contributed by atoms with Crippen molar-refractivity contribution >= 4 is 37.6 Å². The van der Waals surface area contributed by atoms with Gasteiger partial charge < -0.3 is 0 Å². The summed E-state index contributed by atoms with van der Waals surface area (Å²) < 4.78 is 27.4. The molecule has 0 unspecified atom stereocenters. The predicted molar refractivity (Wildman–Crippen MR) is 88.8 cm³/mol. The Balaban J connectivity index is 2.28.